The van der Waals surface area contributed by atoms with Gasteiger partial charge in [-0.25, -0.2) is 0 Å². The first-order chi connectivity index (χ1) is 15.0. The number of hydrogen-bond donors (Lipinski definition) is 0. The Morgan fingerprint density at radius 2 is 1.94 bits per heavy atom. The van der Waals surface area contributed by atoms with Crippen molar-refractivity contribution in [2.45, 2.75) is 18.8 Å². The predicted molar refractivity (Wildman–Crippen MR) is 115 cm³/mol. The van der Waals surface area contributed by atoms with E-state index in [4.69, 9.17) is 16.1 Å². The van der Waals surface area contributed by atoms with Crippen LogP contribution in [0.2, 0.25) is 5.02 Å². The second-order valence-electron chi connectivity index (χ2n) is 7.25. The fourth-order valence-electron chi connectivity index (χ4n) is 3.47. The van der Waals surface area contributed by atoms with Crippen molar-refractivity contribution >= 4 is 29.3 Å². The predicted octanol–water partition coefficient (Wildman–Crippen LogP) is 4.72. The molecular weight excluding hydrogens is 420 g/mol. The van der Waals surface area contributed by atoms with Gasteiger partial charge in [-0.05, 0) is 48.7 Å². The molecule has 1 saturated heterocycles. The van der Waals surface area contributed by atoms with Gasteiger partial charge in [0.25, 0.3) is 5.69 Å². The Kier molecular flexibility index (Phi) is 6.08. The van der Waals surface area contributed by atoms with Crippen molar-refractivity contribution in [2.75, 3.05) is 13.1 Å². The largest absolute Gasteiger partial charge is 0.339 e. The van der Waals surface area contributed by atoms with Gasteiger partial charge in [-0.2, -0.15) is 4.98 Å². The number of likely N-dealkylation sites (tertiary alicyclic amines) is 1. The highest BCUT2D eigenvalue weighted by atomic mass is 35.5. The zero-order chi connectivity index (χ0) is 21.8. The smallest absolute Gasteiger partial charge is 0.269 e. The summed E-state index contributed by atoms with van der Waals surface area (Å²) in [5.41, 5.74) is 1.55. The summed E-state index contributed by atoms with van der Waals surface area (Å²) in [5.74, 6) is 1.08. The average Bonchev–Trinajstić information content (AvgIpc) is 3.28. The standard InChI is InChI=1S/C22H19ClN4O4/c23-18-3-1-2-17(14-18)21-24-22(31-25-21)16-10-12-26(13-11-16)20(28)9-6-15-4-7-19(8-5-15)27(29)30/h1-9,14,16H,10-13H2/b9-6+. The third-order valence-corrected chi connectivity index (χ3v) is 5.44. The Balaban J connectivity index is 1.33. The van der Waals surface area contributed by atoms with E-state index >= 15 is 0 Å². The maximum atomic E-state index is 12.5. The number of aromatic nitrogens is 2. The lowest BCUT2D eigenvalue weighted by atomic mass is 9.96. The molecule has 1 fully saturated rings. The van der Waals surface area contributed by atoms with Gasteiger partial charge in [0.05, 0.1) is 4.92 Å². The summed E-state index contributed by atoms with van der Waals surface area (Å²) in [6, 6.07) is 13.3. The Labute approximate surface area is 183 Å². The number of amides is 1. The van der Waals surface area contributed by atoms with Gasteiger partial charge in [-0.3, -0.25) is 14.9 Å². The Bertz CT molecular complexity index is 1120. The average molecular weight is 439 g/mol. The Morgan fingerprint density at radius 1 is 1.19 bits per heavy atom. The van der Waals surface area contributed by atoms with E-state index in [0.717, 1.165) is 24.0 Å². The number of carbonyl (C=O) groups is 1. The monoisotopic (exact) mass is 438 g/mol. The van der Waals surface area contributed by atoms with Crippen molar-refractivity contribution < 1.29 is 14.2 Å². The van der Waals surface area contributed by atoms with Crippen LogP contribution in [0.5, 0.6) is 0 Å². The summed E-state index contributed by atoms with van der Waals surface area (Å²) in [6.45, 7) is 1.17. The van der Waals surface area contributed by atoms with Crippen LogP contribution >= 0.6 is 11.6 Å². The molecule has 158 valence electrons. The molecule has 0 N–H and O–H groups in total. The SMILES string of the molecule is O=C(/C=C/c1ccc([N+](=O)[O-])cc1)N1CCC(c2nc(-c3cccc(Cl)c3)no2)CC1. The second kappa shape index (κ2) is 9.09. The van der Waals surface area contributed by atoms with Gasteiger partial charge < -0.3 is 9.42 Å². The third-order valence-electron chi connectivity index (χ3n) is 5.20. The third kappa shape index (κ3) is 4.97. The first-order valence-corrected chi connectivity index (χ1v) is 10.2. The highest BCUT2D eigenvalue weighted by molar-refractivity contribution is 6.30. The van der Waals surface area contributed by atoms with Crippen molar-refractivity contribution in [3.63, 3.8) is 0 Å². The minimum atomic E-state index is -0.454. The van der Waals surface area contributed by atoms with E-state index in [2.05, 4.69) is 10.1 Å². The van der Waals surface area contributed by atoms with Crippen LogP contribution in [0.4, 0.5) is 5.69 Å². The lowest BCUT2D eigenvalue weighted by Gasteiger charge is -2.29. The van der Waals surface area contributed by atoms with Crippen LogP contribution in [0.1, 0.15) is 30.2 Å². The van der Waals surface area contributed by atoms with Crippen molar-refractivity contribution in [1.82, 2.24) is 15.0 Å². The topological polar surface area (TPSA) is 102 Å². The van der Waals surface area contributed by atoms with E-state index in [-0.39, 0.29) is 17.5 Å². The number of halogens is 1. The first-order valence-electron chi connectivity index (χ1n) is 9.80. The van der Waals surface area contributed by atoms with Crippen molar-refractivity contribution in [3.8, 4) is 11.4 Å². The van der Waals surface area contributed by atoms with Crippen molar-refractivity contribution in [1.29, 1.82) is 0 Å². The van der Waals surface area contributed by atoms with Crippen LogP contribution in [0.3, 0.4) is 0 Å². The van der Waals surface area contributed by atoms with E-state index in [1.54, 1.807) is 35.2 Å². The van der Waals surface area contributed by atoms with Crippen molar-refractivity contribution in [2.24, 2.45) is 0 Å². The van der Waals surface area contributed by atoms with Gasteiger partial charge in [-0.1, -0.05) is 28.9 Å². The molecule has 0 radical (unpaired) electrons. The van der Waals surface area contributed by atoms with E-state index < -0.39 is 4.92 Å². The molecule has 2 heterocycles. The lowest BCUT2D eigenvalue weighted by Crippen LogP contribution is -2.36. The molecule has 0 bridgehead atoms. The van der Waals surface area contributed by atoms with Crippen LogP contribution in [0, 0.1) is 10.1 Å². The van der Waals surface area contributed by atoms with Gasteiger partial charge in [0.2, 0.25) is 17.6 Å². The Hall–Kier alpha value is -3.52. The fourth-order valence-corrected chi connectivity index (χ4v) is 3.66. The van der Waals surface area contributed by atoms with Gasteiger partial charge in [0.1, 0.15) is 0 Å². The number of piperidine rings is 1. The number of benzene rings is 2. The lowest BCUT2D eigenvalue weighted by molar-refractivity contribution is -0.384. The fraction of sp³-hybridized carbons (Fsp3) is 0.227. The zero-order valence-electron chi connectivity index (χ0n) is 16.5. The normalized spacial score (nSPS) is 14.8. The van der Waals surface area contributed by atoms with Crippen LogP contribution in [-0.2, 0) is 4.79 Å². The molecule has 9 heteroatoms. The molecule has 0 spiro atoms. The molecule has 0 unspecified atom stereocenters. The molecule has 1 aromatic heterocycles. The highest BCUT2D eigenvalue weighted by Crippen LogP contribution is 2.29. The molecule has 8 nitrogen and oxygen atoms in total. The summed E-state index contributed by atoms with van der Waals surface area (Å²) >= 11 is 6.02. The molecule has 0 atom stereocenters. The second-order valence-corrected chi connectivity index (χ2v) is 7.68. The minimum Gasteiger partial charge on any atom is -0.339 e. The molecule has 1 aliphatic heterocycles. The van der Waals surface area contributed by atoms with Gasteiger partial charge in [0.15, 0.2) is 0 Å². The molecular formula is C22H19ClN4O4. The van der Waals surface area contributed by atoms with E-state index in [0.29, 0.717) is 29.8 Å². The number of hydrogen-bond acceptors (Lipinski definition) is 6. The molecule has 3 aromatic rings. The van der Waals surface area contributed by atoms with Crippen LogP contribution in [-0.4, -0.2) is 39.0 Å². The quantitative estimate of drug-likeness (QED) is 0.324. The minimum absolute atomic E-state index is 0.0186. The van der Waals surface area contributed by atoms with Crippen LogP contribution in [0.25, 0.3) is 17.5 Å². The summed E-state index contributed by atoms with van der Waals surface area (Å²) < 4.78 is 5.46. The number of carbonyl (C=O) groups excluding carboxylic acids is 1. The molecule has 1 amide bonds. The summed E-state index contributed by atoms with van der Waals surface area (Å²) in [4.78, 5) is 29.0. The first kappa shape index (κ1) is 20.7. The summed E-state index contributed by atoms with van der Waals surface area (Å²) in [7, 11) is 0. The van der Waals surface area contributed by atoms with Gasteiger partial charge in [0, 0.05) is 47.8 Å². The molecule has 0 aliphatic carbocycles. The molecule has 2 aromatic carbocycles. The van der Waals surface area contributed by atoms with E-state index in [1.807, 2.05) is 12.1 Å². The number of nitro groups is 1. The Morgan fingerprint density at radius 3 is 2.61 bits per heavy atom. The van der Waals surface area contributed by atoms with E-state index in [1.165, 1.54) is 18.2 Å². The number of non-ortho nitro benzene ring substituents is 1. The van der Waals surface area contributed by atoms with Crippen LogP contribution < -0.4 is 0 Å². The van der Waals surface area contributed by atoms with Gasteiger partial charge in [-0.15, -0.1) is 0 Å². The number of rotatable bonds is 5. The maximum Gasteiger partial charge on any atom is 0.269 e. The van der Waals surface area contributed by atoms with Crippen molar-refractivity contribution in [3.05, 3.63) is 81.2 Å². The number of nitro benzene ring substituents is 1. The number of nitrogens with zero attached hydrogens (tertiary/aromatic N) is 4. The molecule has 4 rings (SSSR count). The van der Waals surface area contributed by atoms with Gasteiger partial charge >= 0.3 is 0 Å². The summed E-state index contributed by atoms with van der Waals surface area (Å²) in [5, 5.41) is 15.4. The van der Waals surface area contributed by atoms with Crippen LogP contribution in [0.15, 0.2) is 59.1 Å². The molecule has 31 heavy (non-hydrogen) atoms. The van der Waals surface area contributed by atoms with E-state index in [9.17, 15) is 14.9 Å². The molecule has 0 saturated carbocycles. The highest BCUT2D eigenvalue weighted by Gasteiger charge is 2.27. The zero-order valence-corrected chi connectivity index (χ0v) is 17.2. The molecule has 1 aliphatic rings. The maximum absolute atomic E-state index is 12.5. The summed E-state index contributed by atoms with van der Waals surface area (Å²) in [6.07, 6.45) is 4.61.